The van der Waals surface area contributed by atoms with Crippen molar-refractivity contribution in [3.8, 4) is 0 Å². The molecule has 0 aliphatic rings. The van der Waals surface area contributed by atoms with Crippen LogP contribution in [0.4, 0.5) is 0 Å². The minimum atomic E-state index is -0.0376. The molecule has 2 rings (SSSR count). The molecule has 5 nitrogen and oxygen atoms in total. The summed E-state index contributed by atoms with van der Waals surface area (Å²) < 4.78 is 1.89. The van der Waals surface area contributed by atoms with Crippen molar-refractivity contribution in [3.05, 3.63) is 36.2 Å². The zero-order valence-corrected chi connectivity index (χ0v) is 10.1. The highest BCUT2D eigenvalue weighted by molar-refractivity contribution is 5.93. The van der Waals surface area contributed by atoms with E-state index in [2.05, 4.69) is 28.9 Å². The SMILES string of the molecule is CCC(C)n1ccc(CC(=O)c2ncc[nH]2)n1. The van der Waals surface area contributed by atoms with Gasteiger partial charge in [-0.25, -0.2) is 4.98 Å². The number of imidazole rings is 1. The van der Waals surface area contributed by atoms with E-state index in [0.29, 0.717) is 11.9 Å². The number of Topliss-reactive ketones (excluding diaryl/α,β-unsaturated/α-hetero) is 1. The Morgan fingerprint density at radius 2 is 2.41 bits per heavy atom. The lowest BCUT2D eigenvalue weighted by atomic mass is 10.2. The van der Waals surface area contributed by atoms with Crippen molar-refractivity contribution < 1.29 is 4.79 Å². The van der Waals surface area contributed by atoms with Gasteiger partial charge in [0.05, 0.1) is 12.1 Å². The first-order valence-electron chi connectivity index (χ1n) is 5.77. The fourth-order valence-electron chi connectivity index (χ4n) is 1.57. The Labute approximate surface area is 99.9 Å². The molecule has 0 saturated carbocycles. The Hall–Kier alpha value is -1.91. The van der Waals surface area contributed by atoms with E-state index in [1.54, 1.807) is 12.4 Å². The van der Waals surface area contributed by atoms with Crippen LogP contribution < -0.4 is 0 Å². The first kappa shape index (κ1) is 11.6. The smallest absolute Gasteiger partial charge is 0.204 e. The maximum absolute atomic E-state index is 11.8. The summed E-state index contributed by atoms with van der Waals surface area (Å²) in [5, 5.41) is 4.39. The van der Waals surface area contributed by atoms with E-state index in [1.165, 1.54) is 0 Å². The molecule has 0 aromatic carbocycles. The Bertz CT molecular complexity index is 486. The third-order valence-electron chi connectivity index (χ3n) is 2.81. The second kappa shape index (κ2) is 4.95. The third kappa shape index (κ3) is 2.61. The molecule has 0 aliphatic heterocycles. The van der Waals surface area contributed by atoms with Crippen LogP contribution in [0.25, 0.3) is 0 Å². The molecule has 0 amide bonds. The average molecular weight is 232 g/mol. The van der Waals surface area contributed by atoms with E-state index in [9.17, 15) is 4.79 Å². The summed E-state index contributed by atoms with van der Waals surface area (Å²) in [6.45, 7) is 4.21. The zero-order valence-electron chi connectivity index (χ0n) is 10.1. The van der Waals surface area contributed by atoms with Gasteiger partial charge >= 0.3 is 0 Å². The number of aromatic nitrogens is 4. The maximum Gasteiger partial charge on any atom is 0.204 e. The first-order valence-corrected chi connectivity index (χ1v) is 5.77. The molecule has 0 radical (unpaired) electrons. The van der Waals surface area contributed by atoms with Gasteiger partial charge in [0.25, 0.3) is 0 Å². The largest absolute Gasteiger partial charge is 0.342 e. The number of hydrogen-bond acceptors (Lipinski definition) is 3. The van der Waals surface area contributed by atoms with Gasteiger partial charge in [-0.1, -0.05) is 6.92 Å². The number of carbonyl (C=O) groups is 1. The average Bonchev–Trinajstić information content (AvgIpc) is 2.98. The Morgan fingerprint density at radius 1 is 1.59 bits per heavy atom. The topological polar surface area (TPSA) is 63.6 Å². The fraction of sp³-hybridized carbons (Fsp3) is 0.417. The van der Waals surface area contributed by atoms with Crippen molar-refractivity contribution >= 4 is 5.78 Å². The molecule has 0 spiro atoms. The van der Waals surface area contributed by atoms with E-state index >= 15 is 0 Å². The van der Waals surface area contributed by atoms with E-state index in [0.717, 1.165) is 12.1 Å². The summed E-state index contributed by atoms with van der Waals surface area (Å²) in [6, 6.07) is 2.25. The molecule has 2 aromatic heterocycles. The first-order chi connectivity index (χ1) is 8.20. The highest BCUT2D eigenvalue weighted by atomic mass is 16.1. The Morgan fingerprint density at radius 3 is 3.06 bits per heavy atom. The molecule has 5 heteroatoms. The molecule has 17 heavy (non-hydrogen) atoms. The number of ketones is 1. The summed E-state index contributed by atoms with van der Waals surface area (Å²) in [4.78, 5) is 18.5. The van der Waals surface area contributed by atoms with E-state index in [-0.39, 0.29) is 12.2 Å². The van der Waals surface area contributed by atoms with Crippen LogP contribution in [0, 0.1) is 0 Å². The molecule has 0 fully saturated rings. The predicted octanol–water partition coefficient (Wildman–Crippen LogP) is 2.00. The number of carbonyl (C=O) groups excluding carboxylic acids is 1. The molecule has 1 N–H and O–H groups in total. The minimum Gasteiger partial charge on any atom is -0.342 e. The molecule has 2 aromatic rings. The van der Waals surface area contributed by atoms with Gasteiger partial charge in [-0.3, -0.25) is 9.48 Å². The molecule has 1 unspecified atom stereocenters. The van der Waals surface area contributed by atoms with Crippen LogP contribution in [-0.4, -0.2) is 25.5 Å². The standard InChI is InChI=1S/C12H16N4O/c1-3-9(2)16-7-4-10(15-16)8-11(17)12-13-5-6-14-12/h4-7,9H,3,8H2,1-2H3,(H,13,14). The van der Waals surface area contributed by atoms with Gasteiger partial charge in [0.2, 0.25) is 5.78 Å². The van der Waals surface area contributed by atoms with Crippen LogP contribution in [0.15, 0.2) is 24.7 Å². The van der Waals surface area contributed by atoms with Crippen LogP contribution in [0.5, 0.6) is 0 Å². The van der Waals surface area contributed by atoms with Crippen LogP contribution in [-0.2, 0) is 6.42 Å². The lowest BCUT2D eigenvalue weighted by Crippen LogP contribution is -2.08. The molecular weight excluding hydrogens is 216 g/mol. The maximum atomic E-state index is 11.8. The van der Waals surface area contributed by atoms with Gasteiger partial charge in [-0.05, 0) is 19.4 Å². The molecule has 1 atom stereocenters. The number of aromatic amines is 1. The van der Waals surface area contributed by atoms with Crippen molar-refractivity contribution in [2.24, 2.45) is 0 Å². The van der Waals surface area contributed by atoms with Crippen molar-refractivity contribution in [1.29, 1.82) is 0 Å². The normalized spacial score (nSPS) is 12.6. The number of H-pyrrole nitrogens is 1. The summed E-state index contributed by atoms with van der Waals surface area (Å²) in [7, 11) is 0. The van der Waals surface area contributed by atoms with Gasteiger partial charge < -0.3 is 4.98 Å². The van der Waals surface area contributed by atoms with Crippen LogP contribution in [0.2, 0.25) is 0 Å². The molecular formula is C12H16N4O. The van der Waals surface area contributed by atoms with Crippen LogP contribution in [0.1, 0.15) is 42.6 Å². The van der Waals surface area contributed by atoms with Gasteiger partial charge in [-0.15, -0.1) is 0 Å². The summed E-state index contributed by atoms with van der Waals surface area (Å²) in [5.74, 6) is 0.354. The molecule has 0 bridgehead atoms. The highest BCUT2D eigenvalue weighted by Gasteiger charge is 2.12. The lowest BCUT2D eigenvalue weighted by molar-refractivity contribution is 0.0982. The Kier molecular flexibility index (Phi) is 3.37. The van der Waals surface area contributed by atoms with E-state index in [1.807, 2.05) is 16.9 Å². The van der Waals surface area contributed by atoms with Crippen molar-refractivity contribution in [3.63, 3.8) is 0 Å². The van der Waals surface area contributed by atoms with Gasteiger partial charge in [0.1, 0.15) is 0 Å². The van der Waals surface area contributed by atoms with Crippen molar-refractivity contribution in [2.75, 3.05) is 0 Å². The zero-order chi connectivity index (χ0) is 12.3. The van der Waals surface area contributed by atoms with Crippen molar-refractivity contribution in [2.45, 2.75) is 32.7 Å². The van der Waals surface area contributed by atoms with Gasteiger partial charge in [0.15, 0.2) is 5.82 Å². The van der Waals surface area contributed by atoms with Crippen molar-refractivity contribution in [1.82, 2.24) is 19.7 Å². The van der Waals surface area contributed by atoms with Gasteiger partial charge in [0, 0.05) is 24.6 Å². The predicted molar refractivity (Wildman–Crippen MR) is 63.9 cm³/mol. The number of nitrogens with one attached hydrogen (secondary N) is 1. The molecule has 0 aliphatic carbocycles. The number of nitrogens with zero attached hydrogens (tertiary/aromatic N) is 3. The summed E-state index contributed by atoms with van der Waals surface area (Å²) >= 11 is 0. The quantitative estimate of drug-likeness (QED) is 0.802. The molecule has 90 valence electrons. The molecule has 2 heterocycles. The van der Waals surface area contributed by atoms with E-state index < -0.39 is 0 Å². The summed E-state index contributed by atoms with van der Waals surface area (Å²) in [6.07, 6.45) is 6.44. The van der Waals surface area contributed by atoms with E-state index in [4.69, 9.17) is 0 Å². The minimum absolute atomic E-state index is 0.0376. The monoisotopic (exact) mass is 232 g/mol. The summed E-state index contributed by atoms with van der Waals surface area (Å²) in [5.41, 5.74) is 0.784. The van der Waals surface area contributed by atoms with Crippen LogP contribution >= 0.6 is 0 Å². The molecule has 0 saturated heterocycles. The fourth-order valence-corrected chi connectivity index (χ4v) is 1.57. The Balaban J connectivity index is 2.04. The number of hydrogen-bond donors (Lipinski definition) is 1. The second-order valence-corrected chi connectivity index (χ2v) is 4.08. The second-order valence-electron chi connectivity index (χ2n) is 4.08. The van der Waals surface area contributed by atoms with Gasteiger partial charge in [-0.2, -0.15) is 5.10 Å². The van der Waals surface area contributed by atoms with Crippen LogP contribution in [0.3, 0.4) is 0 Å². The lowest BCUT2D eigenvalue weighted by Gasteiger charge is -2.07. The highest BCUT2D eigenvalue weighted by Crippen LogP contribution is 2.10. The third-order valence-corrected chi connectivity index (χ3v) is 2.81. The number of rotatable bonds is 5.